The molecule has 1 saturated heterocycles. The Labute approximate surface area is 118 Å². The van der Waals surface area contributed by atoms with Crippen molar-refractivity contribution in [3.05, 3.63) is 35.9 Å². The van der Waals surface area contributed by atoms with E-state index in [1.54, 1.807) is 0 Å². The number of ether oxygens (including phenoxy) is 1. The van der Waals surface area contributed by atoms with Crippen molar-refractivity contribution in [1.29, 1.82) is 0 Å². The van der Waals surface area contributed by atoms with E-state index in [2.05, 4.69) is 10.6 Å². The van der Waals surface area contributed by atoms with Gasteiger partial charge in [0, 0.05) is 13.2 Å². The Balaban J connectivity index is 1.68. The summed E-state index contributed by atoms with van der Waals surface area (Å²) in [5.74, 6) is -0.101. The fourth-order valence-electron chi connectivity index (χ4n) is 2.01. The maximum absolute atomic E-state index is 11.7. The third-order valence-corrected chi connectivity index (χ3v) is 3.22. The third-order valence-electron chi connectivity index (χ3n) is 2.97. The Hall–Kier alpha value is -1.46. The highest BCUT2D eigenvalue weighted by Gasteiger charge is 2.15. The SMILES string of the molecule is O=C(Cc1ccccc1)NC(=S)NCC1CCCO1. The number of thiocarbonyl (C=S) groups is 1. The molecular weight excluding hydrogens is 260 g/mol. The number of carbonyl (C=O) groups excluding carboxylic acids is 1. The summed E-state index contributed by atoms with van der Waals surface area (Å²) < 4.78 is 5.47. The van der Waals surface area contributed by atoms with Gasteiger partial charge in [-0.25, -0.2) is 0 Å². The first kappa shape index (κ1) is 14.0. The molecule has 1 amide bonds. The van der Waals surface area contributed by atoms with Crippen LogP contribution in [0.3, 0.4) is 0 Å². The van der Waals surface area contributed by atoms with E-state index < -0.39 is 0 Å². The lowest BCUT2D eigenvalue weighted by atomic mass is 10.1. The van der Waals surface area contributed by atoms with E-state index in [9.17, 15) is 4.79 Å². The average molecular weight is 278 g/mol. The van der Waals surface area contributed by atoms with Crippen LogP contribution in [0.25, 0.3) is 0 Å². The summed E-state index contributed by atoms with van der Waals surface area (Å²) in [5, 5.41) is 6.07. The second-order valence-corrected chi connectivity index (χ2v) is 4.96. The van der Waals surface area contributed by atoms with Crippen molar-refractivity contribution in [1.82, 2.24) is 10.6 Å². The van der Waals surface area contributed by atoms with Crippen molar-refractivity contribution in [2.45, 2.75) is 25.4 Å². The molecule has 0 saturated carbocycles. The molecule has 1 heterocycles. The Kier molecular flexibility index (Phi) is 5.30. The minimum Gasteiger partial charge on any atom is -0.376 e. The Bertz CT molecular complexity index is 430. The number of nitrogens with one attached hydrogen (secondary N) is 2. The highest BCUT2D eigenvalue weighted by atomic mass is 32.1. The van der Waals surface area contributed by atoms with Gasteiger partial charge in [0.05, 0.1) is 12.5 Å². The summed E-state index contributed by atoms with van der Waals surface area (Å²) in [6.07, 6.45) is 2.69. The number of hydrogen-bond donors (Lipinski definition) is 2. The van der Waals surface area contributed by atoms with Gasteiger partial charge >= 0.3 is 0 Å². The molecule has 1 aliphatic rings. The molecule has 19 heavy (non-hydrogen) atoms. The molecule has 1 aromatic rings. The van der Waals surface area contributed by atoms with Crippen LogP contribution in [-0.2, 0) is 16.0 Å². The molecule has 1 atom stereocenters. The molecule has 4 nitrogen and oxygen atoms in total. The van der Waals surface area contributed by atoms with Gasteiger partial charge in [-0.05, 0) is 30.6 Å². The fraction of sp³-hybridized carbons (Fsp3) is 0.429. The van der Waals surface area contributed by atoms with E-state index in [0.717, 1.165) is 25.0 Å². The van der Waals surface area contributed by atoms with Crippen molar-refractivity contribution in [3.8, 4) is 0 Å². The van der Waals surface area contributed by atoms with E-state index in [-0.39, 0.29) is 12.0 Å². The molecule has 1 unspecified atom stereocenters. The molecule has 2 N–H and O–H groups in total. The van der Waals surface area contributed by atoms with Crippen LogP contribution in [0, 0.1) is 0 Å². The lowest BCUT2D eigenvalue weighted by Gasteiger charge is -2.13. The molecule has 1 fully saturated rings. The van der Waals surface area contributed by atoms with Crippen LogP contribution in [0.4, 0.5) is 0 Å². The molecular formula is C14H18N2O2S. The monoisotopic (exact) mass is 278 g/mol. The molecule has 1 aliphatic heterocycles. The van der Waals surface area contributed by atoms with Crippen LogP contribution in [0.2, 0.25) is 0 Å². The maximum Gasteiger partial charge on any atom is 0.230 e. The maximum atomic E-state index is 11.7. The number of hydrogen-bond acceptors (Lipinski definition) is 3. The van der Waals surface area contributed by atoms with Crippen molar-refractivity contribution in [3.63, 3.8) is 0 Å². The first-order valence-corrected chi connectivity index (χ1v) is 6.88. The Morgan fingerprint density at radius 3 is 2.84 bits per heavy atom. The van der Waals surface area contributed by atoms with Crippen molar-refractivity contribution in [2.75, 3.05) is 13.2 Å². The van der Waals surface area contributed by atoms with Crippen molar-refractivity contribution >= 4 is 23.2 Å². The number of benzene rings is 1. The molecule has 0 radical (unpaired) electrons. The standard InChI is InChI=1S/C14H18N2O2S/c17-13(9-11-5-2-1-3-6-11)16-14(19)15-10-12-7-4-8-18-12/h1-3,5-6,12H,4,7-10H2,(H2,15,16,17,19). The highest BCUT2D eigenvalue weighted by Crippen LogP contribution is 2.10. The summed E-state index contributed by atoms with van der Waals surface area (Å²) in [6.45, 7) is 1.48. The predicted octanol–water partition coefficient (Wildman–Crippen LogP) is 1.40. The number of rotatable bonds is 4. The predicted molar refractivity (Wildman–Crippen MR) is 77.9 cm³/mol. The third kappa shape index (κ3) is 4.96. The van der Waals surface area contributed by atoms with Crippen molar-refractivity contribution in [2.24, 2.45) is 0 Å². The summed E-state index contributed by atoms with van der Waals surface area (Å²) >= 11 is 5.08. The van der Waals surface area contributed by atoms with Gasteiger partial charge in [0.1, 0.15) is 0 Å². The zero-order chi connectivity index (χ0) is 13.5. The van der Waals surface area contributed by atoms with Gasteiger partial charge in [0.15, 0.2) is 5.11 Å². The molecule has 1 aromatic carbocycles. The summed E-state index contributed by atoms with van der Waals surface area (Å²) in [6, 6.07) is 9.59. The van der Waals surface area contributed by atoms with E-state index >= 15 is 0 Å². The minimum absolute atomic E-state index is 0.101. The smallest absolute Gasteiger partial charge is 0.230 e. The second-order valence-electron chi connectivity index (χ2n) is 4.56. The van der Waals surface area contributed by atoms with Crippen molar-refractivity contribution < 1.29 is 9.53 Å². The zero-order valence-electron chi connectivity index (χ0n) is 10.7. The number of carbonyl (C=O) groups is 1. The molecule has 5 heteroatoms. The zero-order valence-corrected chi connectivity index (χ0v) is 11.5. The lowest BCUT2D eigenvalue weighted by Crippen LogP contribution is -2.42. The Morgan fingerprint density at radius 1 is 1.37 bits per heavy atom. The first-order valence-electron chi connectivity index (χ1n) is 6.47. The average Bonchev–Trinajstić information content (AvgIpc) is 2.90. The largest absolute Gasteiger partial charge is 0.376 e. The van der Waals surface area contributed by atoms with E-state index in [4.69, 9.17) is 17.0 Å². The Morgan fingerprint density at radius 2 is 2.16 bits per heavy atom. The summed E-state index contributed by atoms with van der Waals surface area (Å²) in [5.41, 5.74) is 0.974. The molecule has 0 aromatic heterocycles. The van der Waals surface area contributed by atoms with E-state index in [1.165, 1.54) is 0 Å². The minimum atomic E-state index is -0.101. The van der Waals surface area contributed by atoms with Crippen LogP contribution in [0.5, 0.6) is 0 Å². The summed E-state index contributed by atoms with van der Waals surface area (Å²) in [4.78, 5) is 11.7. The normalized spacial score (nSPS) is 18.0. The number of amides is 1. The molecule has 0 aliphatic carbocycles. The van der Waals surface area contributed by atoms with Crippen LogP contribution in [-0.4, -0.2) is 30.3 Å². The fourth-order valence-corrected chi connectivity index (χ4v) is 2.21. The van der Waals surface area contributed by atoms with Gasteiger partial charge in [-0.2, -0.15) is 0 Å². The van der Waals surface area contributed by atoms with Gasteiger partial charge in [0.25, 0.3) is 0 Å². The van der Waals surface area contributed by atoms with Gasteiger partial charge in [0.2, 0.25) is 5.91 Å². The topological polar surface area (TPSA) is 50.4 Å². The van der Waals surface area contributed by atoms with Crippen LogP contribution in [0.1, 0.15) is 18.4 Å². The van der Waals surface area contributed by atoms with E-state index in [0.29, 0.717) is 18.1 Å². The van der Waals surface area contributed by atoms with Crippen LogP contribution < -0.4 is 10.6 Å². The second kappa shape index (κ2) is 7.21. The highest BCUT2D eigenvalue weighted by molar-refractivity contribution is 7.80. The molecule has 0 spiro atoms. The van der Waals surface area contributed by atoms with Gasteiger partial charge in [-0.3, -0.25) is 4.79 Å². The van der Waals surface area contributed by atoms with Gasteiger partial charge < -0.3 is 15.4 Å². The van der Waals surface area contributed by atoms with E-state index in [1.807, 2.05) is 30.3 Å². The van der Waals surface area contributed by atoms with Crippen LogP contribution in [0.15, 0.2) is 30.3 Å². The summed E-state index contributed by atoms with van der Waals surface area (Å²) in [7, 11) is 0. The lowest BCUT2D eigenvalue weighted by molar-refractivity contribution is -0.119. The van der Waals surface area contributed by atoms with Gasteiger partial charge in [-0.15, -0.1) is 0 Å². The quantitative estimate of drug-likeness (QED) is 0.818. The molecule has 0 bridgehead atoms. The van der Waals surface area contributed by atoms with Crippen LogP contribution >= 0.6 is 12.2 Å². The molecule has 102 valence electrons. The van der Waals surface area contributed by atoms with Gasteiger partial charge in [-0.1, -0.05) is 30.3 Å². The molecule has 2 rings (SSSR count). The first-order chi connectivity index (χ1) is 9.24.